The van der Waals surface area contributed by atoms with Crippen LogP contribution in [0.25, 0.3) is 10.9 Å². The minimum atomic E-state index is 0.658. The Morgan fingerprint density at radius 2 is 2.11 bits per heavy atom. The predicted octanol–water partition coefficient (Wildman–Crippen LogP) is 3.83. The number of ether oxygens (including phenoxy) is 1. The number of hydrogen-bond acceptors (Lipinski definition) is 2. The molecule has 3 nitrogen and oxygen atoms in total. The first-order chi connectivity index (χ1) is 8.49. The van der Waals surface area contributed by atoms with E-state index in [1.807, 2.05) is 33.2 Å². The predicted molar refractivity (Wildman–Crippen MR) is 79.8 cm³/mol. The minimum absolute atomic E-state index is 0.658. The van der Waals surface area contributed by atoms with Crippen molar-refractivity contribution in [2.24, 2.45) is 0 Å². The normalized spacial score (nSPS) is 11.4. The van der Waals surface area contributed by atoms with Crippen molar-refractivity contribution in [1.29, 1.82) is 0 Å². The summed E-state index contributed by atoms with van der Waals surface area (Å²) in [5, 5.41) is 1.72. The van der Waals surface area contributed by atoms with Crippen molar-refractivity contribution in [1.82, 2.24) is 9.88 Å². The van der Waals surface area contributed by atoms with Crippen LogP contribution in [0.3, 0.4) is 0 Å². The van der Waals surface area contributed by atoms with Gasteiger partial charge in [-0.1, -0.05) is 11.6 Å². The molecule has 0 atom stereocenters. The average molecular weight is 332 g/mol. The number of likely N-dealkylation sites (N-methyl/N-ethyl adjacent to an activating group) is 1. The number of benzene rings is 1. The van der Waals surface area contributed by atoms with Crippen molar-refractivity contribution < 1.29 is 4.74 Å². The number of fused-ring (bicyclic) bond motifs is 1. The molecule has 0 aliphatic carbocycles. The van der Waals surface area contributed by atoms with Gasteiger partial charge < -0.3 is 14.6 Å². The molecular weight excluding hydrogens is 316 g/mol. The summed E-state index contributed by atoms with van der Waals surface area (Å²) in [6, 6.07) is 3.81. The van der Waals surface area contributed by atoms with Crippen molar-refractivity contribution in [2.75, 3.05) is 27.2 Å². The Hall–Kier alpha value is -0.710. The van der Waals surface area contributed by atoms with Gasteiger partial charge in [0.25, 0.3) is 0 Å². The lowest BCUT2D eigenvalue weighted by Gasteiger charge is -2.11. The second-order valence-electron chi connectivity index (χ2n) is 4.54. The summed E-state index contributed by atoms with van der Waals surface area (Å²) in [5.74, 6) is 0.884. The second-order valence-corrected chi connectivity index (χ2v) is 5.83. The molecule has 5 heteroatoms. The first kappa shape index (κ1) is 13.7. The second kappa shape index (κ2) is 5.51. The molecule has 2 rings (SSSR count). The fraction of sp³-hybridized carbons (Fsp3) is 0.385. The number of H-pyrrole nitrogens is 1. The zero-order valence-corrected chi connectivity index (χ0v) is 13.0. The summed E-state index contributed by atoms with van der Waals surface area (Å²) >= 11 is 9.59. The Kier molecular flexibility index (Phi) is 4.20. The van der Waals surface area contributed by atoms with Gasteiger partial charge in [-0.15, -0.1) is 0 Å². The van der Waals surface area contributed by atoms with Gasteiger partial charge in [0.2, 0.25) is 0 Å². The fourth-order valence-electron chi connectivity index (χ4n) is 1.84. The molecule has 98 valence electrons. The average Bonchev–Trinajstić information content (AvgIpc) is 2.56. The van der Waals surface area contributed by atoms with E-state index in [-0.39, 0.29) is 0 Å². The first-order valence-corrected chi connectivity index (χ1v) is 6.91. The molecule has 1 heterocycles. The van der Waals surface area contributed by atoms with Crippen LogP contribution >= 0.6 is 27.5 Å². The summed E-state index contributed by atoms with van der Waals surface area (Å²) in [5.41, 5.74) is 2.04. The van der Waals surface area contributed by atoms with E-state index in [2.05, 4.69) is 25.8 Å². The Morgan fingerprint density at radius 1 is 1.39 bits per heavy atom. The van der Waals surface area contributed by atoms with Crippen LogP contribution < -0.4 is 4.74 Å². The molecule has 0 fully saturated rings. The van der Waals surface area contributed by atoms with Crippen LogP contribution in [-0.4, -0.2) is 37.1 Å². The summed E-state index contributed by atoms with van der Waals surface area (Å²) in [6.07, 6.45) is 0. The zero-order valence-electron chi connectivity index (χ0n) is 10.7. The molecule has 0 saturated heterocycles. The van der Waals surface area contributed by atoms with E-state index in [9.17, 15) is 0 Å². The summed E-state index contributed by atoms with van der Waals surface area (Å²) in [7, 11) is 4.05. The van der Waals surface area contributed by atoms with Crippen LogP contribution in [0.15, 0.2) is 16.6 Å². The lowest BCUT2D eigenvalue weighted by atomic mass is 10.2. The quantitative estimate of drug-likeness (QED) is 0.922. The number of aryl methyl sites for hydroxylation is 1. The Morgan fingerprint density at radius 3 is 2.78 bits per heavy atom. The van der Waals surface area contributed by atoms with E-state index in [1.165, 1.54) is 0 Å². The highest BCUT2D eigenvalue weighted by molar-refractivity contribution is 9.10. The van der Waals surface area contributed by atoms with E-state index in [0.29, 0.717) is 11.6 Å². The topological polar surface area (TPSA) is 28.3 Å². The Balaban J connectivity index is 2.34. The first-order valence-electron chi connectivity index (χ1n) is 5.74. The van der Waals surface area contributed by atoms with Gasteiger partial charge in [-0.2, -0.15) is 0 Å². The summed E-state index contributed by atoms with van der Waals surface area (Å²) in [4.78, 5) is 5.41. The Labute approximate surface area is 120 Å². The van der Waals surface area contributed by atoms with E-state index >= 15 is 0 Å². The molecule has 0 bridgehead atoms. The maximum Gasteiger partial charge on any atom is 0.147 e. The van der Waals surface area contributed by atoms with Crippen LogP contribution in [0.1, 0.15) is 5.69 Å². The highest BCUT2D eigenvalue weighted by Crippen LogP contribution is 2.36. The van der Waals surface area contributed by atoms with E-state index < -0.39 is 0 Å². The number of halogens is 2. The van der Waals surface area contributed by atoms with Crippen molar-refractivity contribution in [2.45, 2.75) is 6.92 Å². The van der Waals surface area contributed by atoms with Gasteiger partial charge in [0.15, 0.2) is 0 Å². The fourth-order valence-corrected chi connectivity index (χ4v) is 2.75. The highest BCUT2D eigenvalue weighted by atomic mass is 79.9. The molecule has 0 radical (unpaired) electrons. The SMILES string of the molecule is Cc1[nH]c2c(Br)cc(Cl)cc2c1OCCN(C)C. The van der Waals surface area contributed by atoms with Gasteiger partial charge in [0, 0.05) is 21.4 Å². The molecule has 0 unspecified atom stereocenters. The van der Waals surface area contributed by atoms with E-state index in [4.69, 9.17) is 16.3 Å². The lowest BCUT2D eigenvalue weighted by Crippen LogP contribution is -2.19. The number of nitrogens with zero attached hydrogens (tertiary/aromatic N) is 1. The van der Waals surface area contributed by atoms with Gasteiger partial charge in [-0.3, -0.25) is 0 Å². The van der Waals surface area contributed by atoms with Crippen molar-refractivity contribution in [3.8, 4) is 5.75 Å². The van der Waals surface area contributed by atoms with Crippen LogP contribution in [0.2, 0.25) is 5.02 Å². The van der Waals surface area contributed by atoms with Gasteiger partial charge in [-0.05, 0) is 49.1 Å². The molecule has 18 heavy (non-hydrogen) atoms. The van der Waals surface area contributed by atoms with Crippen molar-refractivity contribution >= 4 is 38.4 Å². The minimum Gasteiger partial charge on any atom is -0.490 e. The maximum absolute atomic E-state index is 6.08. The highest BCUT2D eigenvalue weighted by Gasteiger charge is 2.13. The molecule has 1 aromatic heterocycles. The zero-order chi connectivity index (χ0) is 13.3. The van der Waals surface area contributed by atoms with Crippen LogP contribution in [0, 0.1) is 6.92 Å². The molecule has 1 aromatic carbocycles. The van der Waals surface area contributed by atoms with Crippen LogP contribution in [0.4, 0.5) is 0 Å². The summed E-state index contributed by atoms with van der Waals surface area (Å²) < 4.78 is 6.81. The molecular formula is C13H16BrClN2O. The number of nitrogens with one attached hydrogen (secondary N) is 1. The lowest BCUT2D eigenvalue weighted by molar-refractivity contribution is 0.262. The van der Waals surface area contributed by atoms with Gasteiger partial charge >= 0.3 is 0 Å². The molecule has 0 saturated carbocycles. The number of aromatic amines is 1. The van der Waals surface area contributed by atoms with E-state index in [1.54, 1.807) is 0 Å². The van der Waals surface area contributed by atoms with Crippen molar-refractivity contribution in [3.63, 3.8) is 0 Å². The van der Waals surface area contributed by atoms with Gasteiger partial charge in [0.05, 0.1) is 11.2 Å². The molecule has 0 aliphatic rings. The largest absolute Gasteiger partial charge is 0.490 e. The standard InChI is InChI=1S/C13H16BrClN2O/c1-8-13(18-5-4-17(2)3)10-6-9(15)7-11(14)12(10)16-8/h6-7,16H,4-5H2,1-3H3. The summed E-state index contributed by atoms with van der Waals surface area (Å²) in [6.45, 7) is 3.55. The van der Waals surface area contributed by atoms with Crippen LogP contribution in [-0.2, 0) is 0 Å². The van der Waals surface area contributed by atoms with Crippen LogP contribution in [0.5, 0.6) is 5.75 Å². The number of aromatic nitrogens is 1. The van der Waals surface area contributed by atoms with Gasteiger partial charge in [-0.25, -0.2) is 0 Å². The van der Waals surface area contributed by atoms with Gasteiger partial charge in [0.1, 0.15) is 12.4 Å². The smallest absolute Gasteiger partial charge is 0.147 e. The third-order valence-corrected chi connectivity index (χ3v) is 3.58. The maximum atomic E-state index is 6.08. The third-order valence-electron chi connectivity index (χ3n) is 2.74. The van der Waals surface area contributed by atoms with Crippen molar-refractivity contribution in [3.05, 3.63) is 27.3 Å². The molecule has 0 spiro atoms. The number of rotatable bonds is 4. The Bertz CT molecular complexity index is 566. The van der Waals surface area contributed by atoms with E-state index in [0.717, 1.165) is 33.4 Å². The molecule has 2 aromatic rings. The molecule has 1 N–H and O–H groups in total. The molecule has 0 amide bonds. The molecule has 0 aliphatic heterocycles. The third kappa shape index (κ3) is 2.82. The number of hydrogen-bond donors (Lipinski definition) is 1. The monoisotopic (exact) mass is 330 g/mol.